The number of hydroxylamine groups is 4. The lowest BCUT2D eigenvalue weighted by Crippen LogP contribution is -2.70. The van der Waals surface area contributed by atoms with Gasteiger partial charge in [0.05, 0.1) is 48.6 Å². The second kappa shape index (κ2) is 13.6. The average Bonchev–Trinajstić information content (AvgIpc) is 3.63. The van der Waals surface area contributed by atoms with Crippen molar-refractivity contribution in [1.82, 2.24) is 10.1 Å². The molecule has 4 heterocycles. The molecule has 0 saturated carbocycles. The van der Waals surface area contributed by atoms with Crippen LogP contribution < -0.4 is 0 Å². The van der Waals surface area contributed by atoms with Gasteiger partial charge in [-0.2, -0.15) is 0 Å². The molecule has 4 aliphatic rings. The van der Waals surface area contributed by atoms with Crippen LogP contribution in [-0.4, -0.2) is 95.7 Å². The zero-order valence-electron chi connectivity index (χ0n) is 29.4. The highest BCUT2D eigenvalue weighted by molar-refractivity contribution is 5.10. The smallest absolute Gasteiger partial charge is 0.175 e. The van der Waals surface area contributed by atoms with E-state index in [1.807, 2.05) is 27.7 Å². The summed E-state index contributed by atoms with van der Waals surface area (Å²) in [5, 5.41) is 29.4. The Morgan fingerprint density at radius 1 is 0.636 bits per heavy atom. The van der Waals surface area contributed by atoms with Crippen LogP contribution in [0, 0.1) is 11.8 Å². The summed E-state index contributed by atoms with van der Waals surface area (Å²) >= 11 is 0. The predicted molar refractivity (Wildman–Crippen MR) is 165 cm³/mol. The minimum atomic E-state index is -0.753. The minimum absolute atomic E-state index is 0.0570. The van der Waals surface area contributed by atoms with Gasteiger partial charge in [-0.15, -0.1) is 20.5 Å². The van der Waals surface area contributed by atoms with Crippen LogP contribution in [-0.2, 0) is 38.8 Å². The Balaban J connectivity index is 1.16. The minimum Gasteiger partial charge on any atom is -0.379 e. The van der Waals surface area contributed by atoms with Gasteiger partial charge in [0.15, 0.2) is 11.6 Å². The zero-order chi connectivity index (χ0) is 32.6. The molecule has 0 aromatic carbocycles. The molecule has 0 aromatic rings. The molecule has 0 N–H and O–H groups in total. The molecule has 10 nitrogen and oxygen atoms in total. The van der Waals surface area contributed by atoms with E-state index in [0.717, 1.165) is 38.5 Å². The van der Waals surface area contributed by atoms with Crippen molar-refractivity contribution in [2.45, 2.75) is 167 Å². The van der Waals surface area contributed by atoms with Crippen LogP contribution in [0.1, 0.15) is 121 Å². The molecule has 2 radical (unpaired) electrons. The quantitative estimate of drug-likeness (QED) is 0.227. The number of nitrogens with zero attached hydrogens (tertiary/aromatic N) is 2. The fraction of sp³-hybridized carbons (Fsp3) is 1.00. The Morgan fingerprint density at radius 2 is 1.00 bits per heavy atom. The van der Waals surface area contributed by atoms with E-state index in [2.05, 4.69) is 41.5 Å². The van der Waals surface area contributed by atoms with Crippen LogP contribution in [0.3, 0.4) is 0 Å². The normalized spacial score (nSPS) is 46.9. The SMILES string of the molecule is CCC1(C)CC2(OCC(COCCCCOCC3COC4(CC(C)(CC)N([O])C(C)(CC)C4C)O3)O2)C(C)C(C)(CC)N1[O]. The number of hydrogen-bond acceptors (Lipinski definition) is 8. The molecule has 10 heteroatoms. The van der Waals surface area contributed by atoms with E-state index in [9.17, 15) is 10.4 Å². The van der Waals surface area contributed by atoms with Crippen LogP contribution in [0.15, 0.2) is 0 Å². The highest BCUT2D eigenvalue weighted by Crippen LogP contribution is 2.54. The summed E-state index contributed by atoms with van der Waals surface area (Å²) in [5.74, 6) is -1.62. The van der Waals surface area contributed by atoms with Gasteiger partial charge in [-0.1, -0.05) is 41.5 Å². The third-order valence-electron chi connectivity index (χ3n) is 12.5. The lowest BCUT2D eigenvalue weighted by molar-refractivity contribution is -0.374. The Kier molecular flexibility index (Phi) is 11.3. The predicted octanol–water partition coefficient (Wildman–Crippen LogP) is 6.07. The van der Waals surface area contributed by atoms with Crippen LogP contribution in [0.2, 0.25) is 0 Å². The third kappa shape index (κ3) is 6.27. The van der Waals surface area contributed by atoms with E-state index in [1.54, 1.807) is 0 Å². The highest BCUT2D eigenvalue weighted by Gasteiger charge is 2.65. The molecule has 0 aliphatic carbocycles. The largest absolute Gasteiger partial charge is 0.379 e. The van der Waals surface area contributed by atoms with Crippen LogP contribution in [0.4, 0.5) is 0 Å². The van der Waals surface area contributed by atoms with Crippen LogP contribution >= 0.6 is 0 Å². The summed E-state index contributed by atoms with van der Waals surface area (Å²) < 4.78 is 37.9. The molecule has 44 heavy (non-hydrogen) atoms. The van der Waals surface area contributed by atoms with E-state index in [1.165, 1.54) is 10.1 Å². The molecule has 4 aliphatic heterocycles. The number of ether oxygens (including phenoxy) is 6. The molecule has 4 saturated heterocycles. The Morgan fingerprint density at radius 3 is 1.32 bits per heavy atom. The Bertz CT molecular complexity index is 886. The van der Waals surface area contributed by atoms with E-state index in [4.69, 9.17) is 28.4 Å². The monoisotopic (exact) mass is 626 g/mol. The van der Waals surface area contributed by atoms with Crippen molar-refractivity contribution >= 4 is 0 Å². The van der Waals surface area contributed by atoms with Gasteiger partial charge in [-0.3, -0.25) is 0 Å². The number of rotatable bonds is 13. The van der Waals surface area contributed by atoms with Crippen molar-refractivity contribution in [3.05, 3.63) is 0 Å². The first-order chi connectivity index (χ1) is 20.6. The number of unbranched alkanes of at least 4 members (excludes halogenated alkanes) is 1. The first-order valence-electron chi connectivity index (χ1n) is 17.4. The van der Waals surface area contributed by atoms with Crippen molar-refractivity contribution in [3.8, 4) is 0 Å². The maximum atomic E-state index is 13.4. The number of piperidine rings is 2. The van der Waals surface area contributed by atoms with E-state index < -0.39 is 33.7 Å². The maximum Gasteiger partial charge on any atom is 0.175 e. The van der Waals surface area contributed by atoms with Crippen molar-refractivity contribution in [2.24, 2.45) is 11.8 Å². The van der Waals surface area contributed by atoms with Gasteiger partial charge >= 0.3 is 0 Å². The summed E-state index contributed by atoms with van der Waals surface area (Å²) in [7, 11) is 0. The van der Waals surface area contributed by atoms with Gasteiger partial charge in [0, 0.05) is 37.9 Å². The lowest BCUT2D eigenvalue weighted by atomic mass is 9.67. The lowest BCUT2D eigenvalue weighted by Gasteiger charge is -2.59. The van der Waals surface area contributed by atoms with Crippen molar-refractivity contribution in [3.63, 3.8) is 0 Å². The molecule has 4 fully saturated rings. The first-order valence-corrected chi connectivity index (χ1v) is 17.4. The van der Waals surface area contributed by atoms with Gasteiger partial charge < -0.3 is 28.4 Å². The topological polar surface area (TPSA) is 102 Å². The van der Waals surface area contributed by atoms with Crippen LogP contribution in [0.25, 0.3) is 0 Å². The van der Waals surface area contributed by atoms with Crippen molar-refractivity contribution < 1.29 is 38.8 Å². The van der Waals surface area contributed by atoms with Crippen molar-refractivity contribution in [1.29, 1.82) is 0 Å². The highest BCUT2D eigenvalue weighted by atomic mass is 16.8. The van der Waals surface area contributed by atoms with E-state index >= 15 is 0 Å². The van der Waals surface area contributed by atoms with Gasteiger partial charge in [-0.25, -0.2) is 0 Å². The van der Waals surface area contributed by atoms with Crippen LogP contribution in [0.5, 0.6) is 0 Å². The molecule has 0 amide bonds. The molecule has 0 aromatic heterocycles. The van der Waals surface area contributed by atoms with Gasteiger partial charge in [0.25, 0.3) is 0 Å². The van der Waals surface area contributed by atoms with Gasteiger partial charge in [0.1, 0.15) is 12.2 Å². The van der Waals surface area contributed by atoms with E-state index in [-0.39, 0.29) is 24.0 Å². The average molecular weight is 627 g/mol. The van der Waals surface area contributed by atoms with Crippen molar-refractivity contribution in [2.75, 3.05) is 39.6 Å². The molecular weight excluding hydrogens is 564 g/mol. The fourth-order valence-corrected chi connectivity index (χ4v) is 8.29. The summed E-state index contributed by atoms with van der Waals surface area (Å²) in [4.78, 5) is 0. The molecule has 10 atom stereocenters. The summed E-state index contributed by atoms with van der Waals surface area (Å²) in [6.07, 6.45) is 5.58. The summed E-state index contributed by atoms with van der Waals surface area (Å²) in [5.41, 5.74) is -2.15. The second-order valence-electron chi connectivity index (χ2n) is 15.1. The molecule has 0 bridgehead atoms. The first kappa shape index (κ1) is 36.4. The van der Waals surface area contributed by atoms with Gasteiger partial charge in [0.2, 0.25) is 0 Å². The number of hydrogen-bond donors (Lipinski definition) is 0. The molecule has 256 valence electrons. The Labute approximate surface area is 266 Å². The fourth-order valence-electron chi connectivity index (χ4n) is 8.29. The third-order valence-corrected chi connectivity index (χ3v) is 12.5. The summed E-state index contributed by atoms with van der Waals surface area (Å²) in [6.45, 7) is 23.8. The standard InChI is InChI=1S/C34H62N2O8/c1-11-29(7)23-33(25(5)31(9,13-3)35(29)37)41-21-27(43-33)19-39-17-15-16-18-40-20-28-22-42-34(44-28)24-30(8,12-2)36(38)32(10,14-4)26(34)6/h25-28H,11-24H2,1-10H3. The zero-order valence-corrected chi connectivity index (χ0v) is 29.4. The van der Waals surface area contributed by atoms with Gasteiger partial charge in [-0.05, 0) is 66.2 Å². The molecule has 10 unspecified atom stereocenters. The maximum absolute atomic E-state index is 13.4. The second-order valence-corrected chi connectivity index (χ2v) is 15.1. The van der Waals surface area contributed by atoms with E-state index in [0.29, 0.717) is 52.5 Å². The molecule has 4 rings (SSSR count). The molecule has 2 spiro atoms. The summed E-state index contributed by atoms with van der Waals surface area (Å²) in [6, 6.07) is 0. The molecular formula is C34H62N2O8. The Hall–Kier alpha value is -0.400.